The molecule has 0 amide bonds. The van der Waals surface area contributed by atoms with Gasteiger partial charge >= 0.3 is 0 Å². The molecule has 0 saturated carbocycles. The summed E-state index contributed by atoms with van der Waals surface area (Å²) in [5, 5.41) is 9.86. The highest BCUT2D eigenvalue weighted by molar-refractivity contribution is 4.92. The fourth-order valence-electron chi connectivity index (χ4n) is 8.19. The van der Waals surface area contributed by atoms with Crippen molar-refractivity contribution < 1.29 is 0 Å². The lowest BCUT2D eigenvalue weighted by molar-refractivity contribution is 0.123. The van der Waals surface area contributed by atoms with Crippen LogP contribution in [0.25, 0.3) is 0 Å². The van der Waals surface area contributed by atoms with E-state index in [1.165, 1.54) is 117 Å². The normalized spacial score (nSPS) is 20.8. The fourth-order valence-corrected chi connectivity index (χ4v) is 8.19. The first-order valence-corrected chi connectivity index (χ1v) is 25.4. The third-order valence-corrected chi connectivity index (χ3v) is 13.8. The van der Waals surface area contributed by atoms with Gasteiger partial charge in [0.25, 0.3) is 0 Å². The molecule has 0 radical (unpaired) electrons. The summed E-state index contributed by atoms with van der Waals surface area (Å²) in [5.74, 6) is 1.29. The van der Waals surface area contributed by atoms with Crippen molar-refractivity contribution in [3.8, 4) is 0 Å². The Kier molecular flexibility index (Phi) is 33.7. The van der Waals surface area contributed by atoms with Crippen LogP contribution in [0.5, 0.6) is 0 Å². The summed E-state index contributed by atoms with van der Waals surface area (Å²) in [4.78, 5) is 16.8. The van der Waals surface area contributed by atoms with E-state index in [0.717, 1.165) is 31.2 Å². The molecule has 0 bridgehead atoms. The average Bonchev–Trinajstić information content (AvgIpc) is 3.25. The molecule has 0 aromatic carbocycles. The number of nitrogens with zero attached hydrogens (tertiary/aromatic N) is 7. The summed E-state index contributed by atoms with van der Waals surface area (Å²) in [6.45, 7) is 48.7. The molecular weight excluding hydrogens is 783 g/mol. The van der Waals surface area contributed by atoms with E-state index < -0.39 is 0 Å². The molecule has 0 unspecified atom stereocenters. The molecule has 63 heavy (non-hydrogen) atoms. The molecule has 5 rings (SSSR count). The highest BCUT2D eigenvalue weighted by atomic mass is 15.2. The van der Waals surface area contributed by atoms with E-state index in [-0.39, 0.29) is 0 Å². The fraction of sp³-hybridized carbons (Fsp3) is 0.920. The maximum absolute atomic E-state index is 5.77. The van der Waals surface area contributed by atoms with Gasteiger partial charge in [0, 0.05) is 120 Å². The summed E-state index contributed by atoms with van der Waals surface area (Å²) in [6, 6.07) is 6.54. The first kappa shape index (κ1) is 61.3. The van der Waals surface area contributed by atoms with Gasteiger partial charge in [0.15, 0.2) is 0 Å². The Labute approximate surface area is 392 Å². The molecule has 5 aliphatic rings. The lowest BCUT2D eigenvalue weighted by Gasteiger charge is -2.39. The zero-order valence-electron chi connectivity index (χ0n) is 44.7. The van der Waals surface area contributed by atoms with Gasteiger partial charge in [-0.15, -0.1) is 0 Å². The first-order valence-electron chi connectivity index (χ1n) is 25.4. The van der Waals surface area contributed by atoms with E-state index in [1.54, 1.807) is 0 Å². The van der Waals surface area contributed by atoms with Crippen molar-refractivity contribution in [1.82, 2.24) is 50.2 Å². The largest absolute Gasteiger partial charge is 0.386 e. The van der Waals surface area contributed by atoms with Crippen LogP contribution >= 0.6 is 0 Å². The molecule has 13 nitrogen and oxygen atoms in total. The molecule has 0 spiro atoms. The van der Waals surface area contributed by atoms with Gasteiger partial charge in [0.1, 0.15) is 0 Å². The number of rotatable bonds is 11. The standard InChI is InChI=1S/C11H23N3.C10H21N3.C9H20N2.C8H18N2.C7H16N2.C5H13N/c1-9(2)14-7-5-11(6-8-14)13(4)10(3)12;1-8(2)13-6-4-10(5-7-13)12-9(3)11;1-8(2)11-6-4-9(10-3)5-7-11;1-7(2)10-5-3-8(9)4-6-10;1-7(2)9-5-3-8-4-6-9;1-5(2)6(3)4/h9,11H,3,5-8,12H2,1-2,4H3;8,10,12H,3-7,11H2,1-2H3;8-10H,4-7H2,1-3H3;7-8H,3-6,9H2,1-2H3;7-8H,3-6H2,1-2H3;5H,1-4H3. The molecule has 0 aromatic heterocycles. The second-order valence-corrected chi connectivity index (χ2v) is 20.6. The minimum atomic E-state index is 0.468. The van der Waals surface area contributed by atoms with Crippen molar-refractivity contribution >= 4 is 0 Å². The van der Waals surface area contributed by atoms with E-state index in [0.29, 0.717) is 53.9 Å². The van der Waals surface area contributed by atoms with Crippen molar-refractivity contribution in [1.29, 1.82) is 0 Å². The Morgan fingerprint density at radius 2 is 0.825 bits per heavy atom. The highest BCUT2D eigenvalue weighted by Gasteiger charge is 2.24. The number of likely N-dealkylation sites (tertiary alicyclic amines) is 4. The van der Waals surface area contributed by atoms with Gasteiger partial charge in [-0.2, -0.15) is 0 Å². The van der Waals surface area contributed by atoms with Gasteiger partial charge in [-0.25, -0.2) is 0 Å². The molecule has 5 heterocycles. The quantitative estimate of drug-likeness (QED) is 0.161. The maximum Gasteiger partial charge on any atom is 0.0912 e. The zero-order valence-corrected chi connectivity index (χ0v) is 44.7. The smallest absolute Gasteiger partial charge is 0.0912 e. The lowest BCUT2D eigenvalue weighted by Crippen LogP contribution is -2.46. The molecule has 5 saturated heterocycles. The number of nitrogens with two attached hydrogens (primary N) is 3. The van der Waals surface area contributed by atoms with Crippen molar-refractivity contribution in [2.45, 2.75) is 195 Å². The highest BCUT2D eigenvalue weighted by Crippen LogP contribution is 2.18. The first-order chi connectivity index (χ1) is 29.5. The SMILES string of the molecule is C=C(N)N(C)C1CCN(C(C)C)CC1.C=C(N)NC1CCN(C(C)C)CC1.CC(C)N(C)C.CC(C)N1CCC(N)CC1.CC(C)N1CCNCC1.CNC1CCN(C(C)C)CC1. The van der Waals surface area contributed by atoms with Gasteiger partial charge < -0.3 is 62.6 Å². The molecular formula is C50H111N13. The van der Waals surface area contributed by atoms with E-state index in [4.69, 9.17) is 17.2 Å². The molecule has 376 valence electrons. The van der Waals surface area contributed by atoms with Crippen molar-refractivity contribution in [2.75, 3.05) is 107 Å². The molecule has 0 aliphatic carbocycles. The topological polar surface area (TPSA) is 137 Å². The Hall–Kier alpha value is -1.68. The molecule has 0 atom stereocenters. The van der Waals surface area contributed by atoms with Crippen LogP contribution in [0.1, 0.15) is 134 Å². The van der Waals surface area contributed by atoms with Crippen LogP contribution in [0.4, 0.5) is 0 Å². The number of hydrogen-bond donors (Lipinski definition) is 6. The van der Waals surface area contributed by atoms with Crippen LogP contribution in [0.15, 0.2) is 24.8 Å². The second-order valence-electron chi connectivity index (χ2n) is 20.6. The van der Waals surface area contributed by atoms with Gasteiger partial charge in [-0.3, -0.25) is 4.90 Å². The predicted octanol–water partition coefficient (Wildman–Crippen LogP) is 5.25. The Morgan fingerprint density at radius 3 is 1.10 bits per heavy atom. The predicted molar refractivity (Wildman–Crippen MR) is 278 cm³/mol. The lowest BCUT2D eigenvalue weighted by atomic mass is 10.0. The van der Waals surface area contributed by atoms with Crippen LogP contribution in [-0.2, 0) is 0 Å². The van der Waals surface area contributed by atoms with Crippen LogP contribution < -0.4 is 33.2 Å². The third-order valence-electron chi connectivity index (χ3n) is 13.8. The third kappa shape index (κ3) is 28.9. The maximum atomic E-state index is 5.77. The van der Waals surface area contributed by atoms with Crippen molar-refractivity contribution in [3.05, 3.63) is 24.8 Å². The molecule has 0 aromatic rings. The summed E-state index contributed by atoms with van der Waals surface area (Å²) >= 11 is 0. The van der Waals surface area contributed by atoms with Gasteiger partial charge in [0.2, 0.25) is 0 Å². The summed E-state index contributed by atoms with van der Waals surface area (Å²) in [7, 11) is 8.25. The van der Waals surface area contributed by atoms with Gasteiger partial charge in [-0.05, 0) is 182 Å². The van der Waals surface area contributed by atoms with E-state index >= 15 is 0 Å². The summed E-state index contributed by atoms with van der Waals surface area (Å²) in [5.41, 5.74) is 16.9. The molecule has 13 heteroatoms. The zero-order chi connectivity index (χ0) is 48.2. The van der Waals surface area contributed by atoms with Crippen molar-refractivity contribution in [3.63, 3.8) is 0 Å². The molecule has 9 N–H and O–H groups in total. The molecule has 5 aliphatic heterocycles. The number of hydrogen-bond acceptors (Lipinski definition) is 13. The number of piperidine rings is 4. The Bertz CT molecular complexity index is 1090. The van der Waals surface area contributed by atoms with Gasteiger partial charge in [-0.1, -0.05) is 13.2 Å². The monoisotopic (exact) mass is 894 g/mol. The second kappa shape index (κ2) is 34.6. The minimum absolute atomic E-state index is 0.468. The van der Waals surface area contributed by atoms with Crippen LogP contribution in [0.3, 0.4) is 0 Å². The molecule has 5 fully saturated rings. The average molecular weight is 895 g/mol. The Morgan fingerprint density at radius 1 is 0.524 bits per heavy atom. The number of piperazine rings is 1. The van der Waals surface area contributed by atoms with E-state index in [9.17, 15) is 0 Å². The summed E-state index contributed by atoms with van der Waals surface area (Å²) in [6.07, 6.45) is 9.73. The van der Waals surface area contributed by atoms with Crippen molar-refractivity contribution in [2.24, 2.45) is 17.2 Å². The van der Waals surface area contributed by atoms with Crippen LogP contribution in [0, 0.1) is 0 Å². The van der Waals surface area contributed by atoms with E-state index in [2.05, 4.69) is 168 Å². The minimum Gasteiger partial charge on any atom is -0.386 e. The van der Waals surface area contributed by atoms with Crippen LogP contribution in [0.2, 0.25) is 0 Å². The summed E-state index contributed by atoms with van der Waals surface area (Å²) < 4.78 is 0. The Balaban J connectivity index is 0.000000744. The van der Waals surface area contributed by atoms with Crippen LogP contribution in [-0.4, -0.2) is 201 Å². The van der Waals surface area contributed by atoms with E-state index in [1.807, 2.05) is 7.05 Å². The number of nitrogens with one attached hydrogen (secondary N) is 3. The van der Waals surface area contributed by atoms with Gasteiger partial charge in [0.05, 0.1) is 11.6 Å².